The van der Waals surface area contributed by atoms with Gasteiger partial charge in [-0.05, 0) is 55.9 Å². The van der Waals surface area contributed by atoms with Crippen LogP contribution >= 0.6 is 0 Å². The standard InChI is InChI=1S/C13H25N5/c1-5-6-13(7-8-13)10-18-11(15-16-17-18)9-14-12(2,3)4/h14H,5-10H2,1-4H3. The van der Waals surface area contributed by atoms with Gasteiger partial charge in [-0.3, -0.25) is 0 Å². The zero-order valence-electron chi connectivity index (χ0n) is 12.0. The molecule has 18 heavy (non-hydrogen) atoms. The molecular formula is C13H25N5. The van der Waals surface area contributed by atoms with Crippen molar-refractivity contribution < 1.29 is 0 Å². The Kier molecular flexibility index (Phi) is 3.71. The van der Waals surface area contributed by atoms with Crippen molar-refractivity contribution in [1.29, 1.82) is 0 Å². The van der Waals surface area contributed by atoms with Crippen molar-refractivity contribution in [2.24, 2.45) is 5.41 Å². The van der Waals surface area contributed by atoms with Crippen LogP contribution < -0.4 is 5.32 Å². The Morgan fingerprint density at radius 3 is 2.61 bits per heavy atom. The number of hydrogen-bond donors (Lipinski definition) is 1. The summed E-state index contributed by atoms with van der Waals surface area (Å²) in [5.74, 6) is 0.951. The molecule has 1 N–H and O–H groups in total. The second kappa shape index (κ2) is 4.96. The average molecular weight is 251 g/mol. The van der Waals surface area contributed by atoms with Crippen LogP contribution in [0.25, 0.3) is 0 Å². The molecule has 0 saturated heterocycles. The molecule has 0 aromatic carbocycles. The Morgan fingerprint density at radius 1 is 1.33 bits per heavy atom. The Morgan fingerprint density at radius 2 is 2.06 bits per heavy atom. The van der Waals surface area contributed by atoms with Crippen molar-refractivity contribution in [1.82, 2.24) is 25.5 Å². The largest absolute Gasteiger partial charge is 0.305 e. The van der Waals surface area contributed by atoms with E-state index < -0.39 is 0 Å². The number of hydrogen-bond acceptors (Lipinski definition) is 4. The summed E-state index contributed by atoms with van der Waals surface area (Å²) < 4.78 is 1.99. The molecule has 102 valence electrons. The number of nitrogens with one attached hydrogen (secondary N) is 1. The van der Waals surface area contributed by atoms with Crippen LogP contribution in [-0.4, -0.2) is 25.7 Å². The Labute approximate surface area is 109 Å². The first-order valence-electron chi connectivity index (χ1n) is 6.94. The van der Waals surface area contributed by atoms with Crippen LogP contribution in [0.3, 0.4) is 0 Å². The molecule has 2 rings (SSSR count). The van der Waals surface area contributed by atoms with Crippen molar-refractivity contribution in [3.05, 3.63) is 5.82 Å². The minimum atomic E-state index is 0.0947. The van der Waals surface area contributed by atoms with Gasteiger partial charge in [0, 0.05) is 5.54 Å². The van der Waals surface area contributed by atoms with Gasteiger partial charge in [-0.15, -0.1) is 5.10 Å². The van der Waals surface area contributed by atoms with E-state index in [1.165, 1.54) is 25.7 Å². The molecule has 1 heterocycles. The van der Waals surface area contributed by atoms with Crippen molar-refractivity contribution >= 4 is 0 Å². The average Bonchev–Trinajstić information content (AvgIpc) is 2.87. The van der Waals surface area contributed by atoms with Crippen molar-refractivity contribution in [2.45, 2.75) is 72.0 Å². The van der Waals surface area contributed by atoms with Crippen LogP contribution in [0.1, 0.15) is 59.2 Å². The summed E-state index contributed by atoms with van der Waals surface area (Å²) in [6, 6.07) is 0. The fourth-order valence-corrected chi connectivity index (χ4v) is 2.33. The lowest BCUT2D eigenvalue weighted by Gasteiger charge is -2.20. The Hall–Kier alpha value is -0.970. The molecule has 5 heteroatoms. The molecule has 1 aliphatic carbocycles. The summed E-state index contributed by atoms with van der Waals surface area (Å²) in [5, 5.41) is 15.5. The van der Waals surface area contributed by atoms with Crippen LogP contribution in [0.5, 0.6) is 0 Å². The van der Waals surface area contributed by atoms with E-state index in [0.717, 1.165) is 18.9 Å². The second-order valence-electron chi connectivity index (χ2n) is 6.61. The van der Waals surface area contributed by atoms with Crippen LogP contribution in [0.2, 0.25) is 0 Å². The molecule has 0 unspecified atom stereocenters. The first-order valence-corrected chi connectivity index (χ1v) is 6.94. The molecule has 0 aliphatic heterocycles. The maximum absolute atomic E-state index is 4.14. The third-order valence-electron chi connectivity index (χ3n) is 3.61. The first kappa shape index (κ1) is 13.5. The van der Waals surface area contributed by atoms with E-state index >= 15 is 0 Å². The Bertz CT molecular complexity index is 386. The summed E-state index contributed by atoms with van der Waals surface area (Å²) in [5.41, 5.74) is 0.581. The number of tetrazole rings is 1. The zero-order chi connectivity index (χ0) is 13.2. The van der Waals surface area contributed by atoms with E-state index in [9.17, 15) is 0 Å². The molecule has 1 aliphatic rings. The lowest BCUT2D eigenvalue weighted by molar-refractivity contribution is 0.345. The predicted octanol–water partition coefficient (Wildman–Crippen LogP) is 2.14. The fourth-order valence-electron chi connectivity index (χ4n) is 2.33. The Balaban J connectivity index is 1.96. The van der Waals surface area contributed by atoms with E-state index in [-0.39, 0.29) is 5.54 Å². The molecule has 1 aromatic rings. The molecule has 1 fully saturated rings. The lowest BCUT2D eigenvalue weighted by atomic mass is 10.0. The topological polar surface area (TPSA) is 55.6 Å². The highest BCUT2D eigenvalue weighted by Crippen LogP contribution is 2.50. The van der Waals surface area contributed by atoms with Gasteiger partial charge in [0.25, 0.3) is 0 Å². The van der Waals surface area contributed by atoms with Gasteiger partial charge in [0.1, 0.15) is 0 Å². The summed E-state index contributed by atoms with van der Waals surface area (Å²) in [6.45, 7) is 10.4. The van der Waals surface area contributed by atoms with Gasteiger partial charge in [-0.25, -0.2) is 4.68 Å². The monoisotopic (exact) mass is 251 g/mol. The molecule has 5 nitrogen and oxygen atoms in total. The second-order valence-corrected chi connectivity index (χ2v) is 6.61. The molecular weight excluding hydrogens is 226 g/mol. The fraction of sp³-hybridized carbons (Fsp3) is 0.923. The quantitative estimate of drug-likeness (QED) is 0.841. The van der Waals surface area contributed by atoms with Crippen molar-refractivity contribution in [2.75, 3.05) is 0 Å². The third-order valence-corrected chi connectivity index (χ3v) is 3.61. The maximum atomic E-state index is 4.14. The first-order chi connectivity index (χ1) is 8.44. The van der Waals surface area contributed by atoms with Crippen LogP contribution in [-0.2, 0) is 13.1 Å². The van der Waals surface area contributed by atoms with Gasteiger partial charge in [-0.1, -0.05) is 13.3 Å². The van der Waals surface area contributed by atoms with Crippen LogP contribution in [0, 0.1) is 5.41 Å². The number of nitrogens with zero attached hydrogens (tertiary/aromatic N) is 4. The highest BCUT2D eigenvalue weighted by atomic mass is 15.5. The molecule has 1 aromatic heterocycles. The van der Waals surface area contributed by atoms with Crippen LogP contribution in [0.15, 0.2) is 0 Å². The van der Waals surface area contributed by atoms with Gasteiger partial charge in [0.2, 0.25) is 0 Å². The normalized spacial score (nSPS) is 18.0. The summed E-state index contributed by atoms with van der Waals surface area (Å²) >= 11 is 0. The smallest absolute Gasteiger partial charge is 0.165 e. The zero-order valence-corrected chi connectivity index (χ0v) is 12.0. The molecule has 0 amide bonds. The minimum absolute atomic E-state index is 0.0947. The summed E-state index contributed by atoms with van der Waals surface area (Å²) in [6.07, 6.45) is 5.19. The molecule has 0 radical (unpaired) electrons. The van der Waals surface area contributed by atoms with E-state index in [0.29, 0.717) is 5.41 Å². The van der Waals surface area contributed by atoms with Gasteiger partial charge in [-0.2, -0.15) is 0 Å². The van der Waals surface area contributed by atoms with E-state index in [2.05, 4.69) is 48.5 Å². The van der Waals surface area contributed by atoms with E-state index in [4.69, 9.17) is 0 Å². The van der Waals surface area contributed by atoms with Gasteiger partial charge in [0.05, 0.1) is 13.1 Å². The van der Waals surface area contributed by atoms with E-state index in [1.807, 2.05) is 4.68 Å². The predicted molar refractivity (Wildman–Crippen MR) is 71.0 cm³/mol. The maximum Gasteiger partial charge on any atom is 0.165 e. The van der Waals surface area contributed by atoms with E-state index in [1.54, 1.807) is 0 Å². The van der Waals surface area contributed by atoms with Gasteiger partial charge >= 0.3 is 0 Å². The van der Waals surface area contributed by atoms with Crippen molar-refractivity contribution in [3.63, 3.8) is 0 Å². The lowest BCUT2D eigenvalue weighted by Crippen LogP contribution is -2.36. The number of aromatic nitrogens is 4. The third kappa shape index (κ3) is 3.51. The summed E-state index contributed by atoms with van der Waals surface area (Å²) in [7, 11) is 0. The van der Waals surface area contributed by atoms with Gasteiger partial charge in [0.15, 0.2) is 5.82 Å². The SMILES string of the molecule is CCCC1(Cn2nnnc2CNC(C)(C)C)CC1. The van der Waals surface area contributed by atoms with Gasteiger partial charge < -0.3 is 5.32 Å². The van der Waals surface area contributed by atoms with Crippen molar-refractivity contribution in [3.8, 4) is 0 Å². The number of rotatable bonds is 6. The highest BCUT2D eigenvalue weighted by molar-refractivity contribution is 4.94. The molecule has 1 saturated carbocycles. The molecule has 0 spiro atoms. The highest BCUT2D eigenvalue weighted by Gasteiger charge is 2.42. The summed E-state index contributed by atoms with van der Waals surface area (Å²) in [4.78, 5) is 0. The molecule has 0 atom stereocenters. The van der Waals surface area contributed by atoms with Crippen LogP contribution in [0.4, 0.5) is 0 Å². The molecule has 0 bridgehead atoms. The minimum Gasteiger partial charge on any atom is -0.305 e.